The first-order valence-corrected chi connectivity index (χ1v) is 5.10. The molecule has 0 spiro atoms. The van der Waals surface area contributed by atoms with Crippen LogP contribution >= 0.6 is 27.5 Å². The van der Waals surface area contributed by atoms with Crippen LogP contribution in [0, 0.1) is 0 Å². The second-order valence-corrected chi connectivity index (χ2v) is 4.09. The molecule has 0 fully saturated rings. The van der Waals surface area contributed by atoms with Crippen LogP contribution < -0.4 is 5.73 Å². The van der Waals surface area contributed by atoms with E-state index in [0.717, 1.165) is 10.0 Å². The number of carboxylic acid groups (broad SMARTS) is 1. The highest BCUT2D eigenvalue weighted by Crippen LogP contribution is 2.26. The van der Waals surface area contributed by atoms with Crippen LogP contribution in [0.2, 0.25) is 5.02 Å². The lowest BCUT2D eigenvalue weighted by Gasteiger charge is -2.08. The van der Waals surface area contributed by atoms with Crippen molar-refractivity contribution in [3.05, 3.63) is 33.3 Å². The fourth-order valence-corrected chi connectivity index (χ4v) is 1.64. The molecule has 0 bridgehead atoms. The van der Waals surface area contributed by atoms with Crippen molar-refractivity contribution < 1.29 is 9.90 Å². The molecule has 0 radical (unpaired) electrons. The zero-order valence-corrected chi connectivity index (χ0v) is 9.55. The Hall–Kier alpha value is -0.580. The van der Waals surface area contributed by atoms with Crippen LogP contribution in [-0.4, -0.2) is 17.1 Å². The second kappa shape index (κ2) is 4.77. The van der Waals surface area contributed by atoms with Gasteiger partial charge in [0.1, 0.15) is 6.04 Å². The summed E-state index contributed by atoms with van der Waals surface area (Å²) in [5, 5.41) is 9.14. The number of nitrogens with two attached hydrogens (primary N) is 1. The van der Waals surface area contributed by atoms with Gasteiger partial charge in [-0.2, -0.15) is 0 Å². The van der Waals surface area contributed by atoms with Crippen molar-refractivity contribution in [2.45, 2.75) is 12.5 Å². The SMILES string of the molecule is NC(Cc1cccc(Br)c1Cl)C(=O)O. The molecule has 5 heteroatoms. The Kier molecular flexibility index (Phi) is 3.92. The number of benzene rings is 1. The Morgan fingerprint density at radius 3 is 2.86 bits per heavy atom. The summed E-state index contributed by atoms with van der Waals surface area (Å²) in [5.74, 6) is -1.03. The molecule has 0 saturated heterocycles. The molecule has 1 aromatic rings. The summed E-state index contributed by atoms with van der Waals surface area (Å²) in [6.45, 7) is 0. The molecule has 0 aliphatic heterocycles. The zero-order valence-electron chi connectivity index (χ0n) is 7.21. The maximum atomic E-state index is 10.5. The summed E-state index contributed by atoms with van der Waals surface area (Å²) in [7, 11) is 0. The van der Waals surface area contributed by atoms with Gasteiger partial charge < -0.3 is 10.8 Å². The smallest absolute Gasteiger partial charge is 0.320 e. The molecule has 1 unspecified atom stereocenters. The first-order valence-electron chi connectivity index (χ1n) is 3.93. The number of rotatable bonds is 3. The molecular weight excluding hydrogens is 269 g/mol. The molecule has 0 heterocycles. The Morgan fingerprint density at radius 2 is 2.29 bits per heavy atom. The molecule has 76 valence electrons. The van der Waals surface area contributed by atoms with Gasteiger partial charge in [-0.3, -0.25) is 4.79 Å². The molecule has 1 rings (SSSR count). The second-order valence-electron chi connectivity index (χ2n) is 2.86. The summed E-state index contributed by atoms with van der Waals surface area (Å²) in [5.41, 5.74) is 6.13. The van der Waals surface area contributed by atoms with Gasteiger partial charge in [0.2, 0.25) is 0 Å². The predicted octanol–water partition coefficient (Wildman–Crippen LogP) is 2.06. The van der Waals surface area contributed by atoms with Crippen LogP contribution in [0.15, 0.2) is 22.7 Å². The monoisotopic (exact) mass is 277 g/mol. The number of aliphatic carboxylic acids is 1. The van der Waals surface area contributed by atoms with Gasteiger partial charge in [-0.1, -0.05) is 23.7 Å². The van der Waals surface area contributed by atoms with Gasteiger partial charge in [0.15, 0.2) is 0 Å². The average molecular weight is 279 g/mol. The van der Waals surface area contributed by atoms with Crippen molar-refractivity contribution in [3.63, 3.8) is 0 Å². The maximum absolute atomic E-state index is 10.5. The molecule has 0 amide bonds. The van der Waals surface area contributed by atoms with Crippen molar-refractivity contribution in [3.8, 4) is 0 Å². The van der Waals surface area contributed by atoms with Crippen molar-refractivity contribution in [1.82, 2.24) is 0 Å². The number of carbonyl (C=O) groups is 1. The molecule has 14 heavy (non-hydrogen) atoms. The first kappa shape index (κ1) is 11.5. The number of carboxylic acids is 1. The summed E-state index contributed by atoms with van der Waals surface area (Å²) < 4.78 is 0.745. The molecule has 1 aromatic carbocycles. The average Bonchev–Trinajstić information content (AvgIpc) is 2.12. The minimum atomic E-state index is -1.03. The van der Waals surface area contributed by atoms with E-state index in [0.29, 0.717) is 5.02 Å². The molecule has 1 atom stereocenters. The summed E-state index contributed by atoms with van der Waals surface area (Å²) in [6, 6.07) is 4.43. The lowest BCUT2D eigenvalue weighted by molar-refractivity contribution is -0.138. The van der Waals surface area contributed by atoms with E-state index in [2.05, 4.69) is 15.9 Å². The van der Waals surface area contributed by atoms with Crippen LogP contribution in [-0.2, 0) is 11.2 Å². The summed E-state index contributed by atoms with van der Waals surface area (Å²) in [6.07, 6.45) is 0.230. The van der Waals surface area contributed by atoms with E-state index in [1.54, 1.807) is 18.2 Å². The van der Waals surface area contributed by atoms with Crippen molar-refractivity contribution in [2.75, 3.05) is 0 Å². The molecule has 0 aliphatic carbocycles. The zero-order chi connectivity index (χ0) is 10.7. The minimum absolute atomic E-state index is 0.230. The number of halogens is 2. The molecule has 3 N–H and O–H groups in total. The van der Waals surface area contributed by atoms with Crippen LogP contribution in [0.3, 0.4) is 0 Å². The Labute approximate surface area is 95.0 Å². The third kappa shape index (κ3) is 2.70. The fraction of sp³-hybridized carbons (Fsp3) is 0.222. The van der Waals surface area contributed by atoms with Gasteiger partial charge >= 0.3 is 5.97 Å². The van der Waals surface area contributed by atoms with Crippen LogP contribution in [0.5, 0.6) is 0 Å². The van der Waals surface area contributed by atoms with Gasteiger partial charge in [0.25, 0.3) is 0 Å². The topological polar surface area (TPSA) is 63.3 Å². The quantitative estimate of drug-likeness (QED) is 0.889. The standard InChI is InChI=1S/C9H9BrClNO2/c10-6-3-1-2-5(8(6)11)4-7(12)9(13)14/h1-3,7H,4,12H2,(H,13,14). The molecule has 0 aliphatic rings. The van der Waals surface area contributed by atoms with E-state index in [1.807, 2.05) is 0 Å². The van der Waals surface area contributed by atoms with E-state index >= 15 is 0 Å². The fourth-order valence-electron chi connectivity index (χ4n) is 1.03. The van der Waals surface area contributed by atoms with Crippen molar-refractivity contribution in [1.29, 1.82) is 0 Å². The van der Waals surface area contributed by atoms with Crippen LogP contribution in [0.25, 0.3) is 0 Å². The highest BCUT2D eigenvalue weighted by Gasteiger charge is 2.14. The normalized spacial score (nSPS) is 12.5. The third-order valence-corrected chi connectivity index (χ3v) is 3.12. The van der Waals surface area contributed by atoms with Gasteiger partial charge in [-0.05, 0) is 34.0 Å². The molecular formula is C9H9BrClNO2. The van der Waals surface area contributed by atoms with E-state index in [1.165, 1.54) is 0 Å². The third-order valence-electron chi connectivity index (χ3n) is 1.79. The van der Waals surface area contributed by atoms with Crippen molar-refractivity contribution >= 4 is 33.5 Å². The van der Waals surface area contributed by atoms with Gasteiger partial charge in [-0.25, -0.2) is 0 Å². The van der Waals surface area contributed by atoms with Crippen LogP contribution in [0.1, 0.15) is 5.56 Å². The maximum Gasteiger partial charge on any atom is 0.320 e. The summed E-state index contributed by atoms with van der Waals surface area (Å²) >= 11 is 9.20. The largest absolute Gasteiger partial charge is 0.480 e. The highest BCUT2D eigenvalue weighted by atomic mass is 79.9. The lowest BCUT2D eigenvalue weighted by atomic mass is 10.1. The Morgan fingerprint density at radius 1 is 1.64 bits per heavy atom. The predicted molar refractivity (Wildman–Crippen MR) is 58.5 cm³/mol. The molecule has 0 aromatic heterocycles. The molecule has 0 saturated carbocycles. The Balaban J connectivity index is 2.87. The van der Waals surface area contributed by atoms with E-state index in [4.69, 9.17) is 22.4 Å². The Bertz CT molecular complexity index is 357. The van der Waals surface area contributed by atoms with Crippen molar-refractivity contribution in [2.24, 2.45) is 5.73 Å². The van der Waals surface area contributed by atoms with E-state index in [-0.39, 0.29) is 6.42 Å². The number of hydrogen-bond acceptors (Lipinski definition) is 2. The first-order chi connectivity index (χ1) is 6.52. The van der Waals surface area contributed by atoms with Gasteiger partial charge in [0, 0.05) is 4.47 Å². The highest BCUT2D eigenvalue weighted by molar-refractivity contribution is 9.10. The van der Waals surface area contributed by atoms with Gasteiger partial charge in [0.05, 0.1) is 5.02 Å². The van der Waals surface area contributed by atoms with E-state index in [9.17, 15) is 4.79 Å². The minimum Gasteiger partial charge on any atom is -0.480 e. The van der Waals surface area contributed by atoms with Gasteiger partial charge in [-0.15, -0.1) is 0 Å². The molecule has 3 nitrogen and oxygen atoms in total. The van der Waals surface area contributed by atoms with E-state index < -0.39 is 12.0 Å². The number of hydrogen-bond donors (Lipinski definition) is 2. The lowest BCUT2D eigenvalue weighted by Crippen LogP contribution is -2.32. The van der Waals surface area contributed by atoms with Crippen LogP contribution in [0.4, 0.5) is 0 Å². The summed E-state index contributed by atoms with van der Waals surface area (Å²) in [4.78, 5) is 10.5.